The summed E-state index contributed by atoms with van der Waals surface area (Å²) in [7, 11) is 1.52. The molecule has 3 aromatic rings. The number of ether oxygens (including phenoxy) is 3. The topological polar surface area (TPSA) is 97.3 Å². The fourth-order valence-electron chi connectivity index (χ4n) is 4.97. The fraction of sp³-hybridized carbons (Fsp3) is 0.333. The Balaban J connectivity index is 0.00000154. The molecule has 3 aromatic carbocycles. The molecule has 0 bridgehead atoms. The van der Waals surface area contributed by atoms with E-state index in [-0.39, 0.29) is 54.8 Å². The number of carbonyl (C=O) groups is 2. The second-order valence-electron chi connectivity index (χ2n) is 10.5. The molecule has 0 radical (unpaired) electrons. The second kappa shape index (κ2) is 15.8. The number of methoxy groups -OCH3 is 1. The minimum Gasteiger partial charge on any atom is -0.497 e. The number of benzene rings is 3. The molecule has 8 nitrogen and oxygen atoms in total. The van der Waals surface area contributed by atoms with E-state index in [9.17, 15) is 22.4 Å². The highest BCUT2D eigenvalue weighted by atomic mass is 35.5. The number of carbonyl (C=O) groups excluding carboxylic acids is 1. The van der Waals surface area contributed by atoms with Crippen LogP contribution in [0.1, 0.15) is 36.0 Å². The summed E-state index contributed by atoms with van der Waals surface area (Å²) in [4.78, 5) is 24.0. The molecule has 1 fully saturated rings. The van der Waals surface area contributed by atoms with E-state index in [1.165, 1.54) is 19.2 Å². The highest BCUT2D eigenvalue weighted by molar-refractivity contribution is 6.32. The number of nitrogens with zero attached hydrogens (tertiary/aromatic N) is 1. The van der Waals surface area contributed by atoms with Crippen LogP contribution in [0.15, 0.2) is 66.2 Å². The minimum atomic E-state index is -4.48. The van der Waals surface area contributed by atoms with Gasteiger partial charge >= 0.3 is 6.18 Å². The van der Waals surface area contributed by atoms with Gasteiger partial charge in [0.2, 0.25) is 0 Å². The van der Waals surface area contributed by atoms with Crippen LogP contribution >= 0.6 is 11.6 Å². The number of halogens is 5. The van der Waals surface area contributed by atoms with Gasteiger partial charge < -0.3 is 29.5 Å². The molecule has 13 heteroatoms. The highest BCUT2D eigenvalue weighted by Crippen LogP contribution is 2.36. The SMILES string of the molecule is COc1ccc(F)c(CN(C(=O)C2=C(c3ccc(OCCOc4ccc(C(F)(F)F)cc4Cl)cc3)CCNC2)C2CC2)c1.O=CO. The van der Waals surface area contributed by atoms with Crippen molar-refractivity contribution < 1.29 is 46.5 Å². The van der Waals surface area contributed by atoms with Crippen LogP contribution < -0.4 is 19.5 Å². The van der Waals surface area contributed by atoms with E-state index in [2.05, 4.69) is 5.32 Å². The monoisotopic (exact) mass is 664 g/mol. The first-order chi connectivity index (χ1) is 22.0. The van der Waals surface area contributed by atoms with E-state index in [4.69, 9.17) is 35.7 Å². The maximum absolute atomic E-state index is 14.6. The zero-order valence-electron chi connectivity index (χ0n) is 24.9. The Labute approximate surface area is 268 Å². The van der Waals surface area contributed by atoms with Crippen molar-refractivity contribution in [2.24, 2.45) is 0 Å². The number of hydrogen-bond donors (Lipinski definition) is 2. The summed E-state index contributed by atoms with van der Waals surface area (Å²) in [6, 6.07) is 14.9. The van der Waals surface area contributed by atoms with Crippen molar-refractivity contribution in [3.05, 3.63) is 93.8 Å². The van der Waals surface area contributed by atoms with Crippen molar-refractivity contribution in [3.63, 3.8) is 0 Å². The first-order valence-electron chi connectivity index (χ1n) is 14.4. The molecular formula is C33H33ClF4N2O6. The van der Waals surface area contributed by atoms with E-state index in [1.54, 1.807) is 29.2 Å². The molecule has 0 spiro atoms. The zero-order valence-corrected chi connectivity index (χ0v) is 25.7. The zero-order chi connectivity index (χ0) is 33.3. The van der Waals surface area contributed by atoms with Gasteiger partial charge in [-0.15, -0.1) is 0 Å². The molecule has 46 heavy (non-hydrogen) atoms. The summed E-state index contributed by atoms with van der Waals surface area (Å²) in [5.74, 6) is 0.764. The molecule has 0 unspecified atom stereocenters. The van der Waals surface area contributed by atoms with Gasteiger partial charge in [-0.1, -0.05) is 23.7 Å². The fourth-order valence-corrected chi connectivity index (χ4v) is 5.21. The van der Waals surface area contributed by atoms with Crippen molar-refractivity contribution >= 4 is 29.6 Å². The lowest BCUT2D eigenvalue weighted by molar-refractivity contribution is -0.137. The largest absolute Gasteiger partial charge is 0.497 e. The molecule has 1 heterocycles. The third-order valence-electron chi connectivity index (χ3n) is 7.39. The van der Waals surface area contributed by atoms with Crippen LogP contribution in [0.3, 0.4) is 0 Å². The van der Waals surface area contributed by atoms with E-state index >= 15 is 0 Å². The van der Waals surface area contributed by atoms with Gasteiger partial charge in [-0.25, -0.2) is 4.39 Å². The van der Waals surface area contributed by atoms with Crippen LogP contribution in [0.4, 0.5) is 17.6 Å². The highest BCUT2D eigenvalue weighted by Gasteiger charge is 2.36. The maximum Gasteiger partial charge on any atom is 0.416 e. The van der Waals surface area contributed by atoms with E-state index < -0.39 is 11.7 Å². The number of amides is 1. The van der Waals surface area contributed by atoms with Crippen LogP contribution in [-0.4, -0.2) is 61.8 Å². The van der Waals surface area contributed by atoms with Gasteiger partial charge in [-0.2, -0.15) is 13.2 Å². The minimum absolute atomic E-state index is 0.0734. The number of carboxylic acid groups (broad SMARTS) is 1. The van der Waals surface area contributed by atoms with Crippen molar-refractivity contribution in [3.8, 4) is 17.2 Å². The Morgan fingerprint density at radius 3 is 2.35 bits per heavy atom. The Bertz CT molecular complexity index is 1540. The number of rotatable bonds is 11. The first kappa shape index (κ1) is 34.6. The van der Waals surface area contributed by atoms with Crippen molar-refractivity contribution in [1.29, 1.82) is 0 Å². The predicted molar refractivity (Wildman–Crippen MR) is 164 cm³/mol. The smallest absolute Gasteiger partial charge is 0.416 e. The standard InChI is InChI=1S/C32H31ClF4N2O4.CH2O2/c1-41-25-9-10-29(34)21(16-25)19-39(23-5-6-23)31(40)27-18-38-13-12-26(27)20-2-7-24(8-3-20)42-14-15-43-30-11-4-22(17-28(30)33)32(35,36)37;2-1-3/h2-4,7-11,16-17,23,38H,5-6,12-15,18-19H2,1H3;1H,(H,2,3). The van der Waals surface area contributed by atoms with E-state index in [1.807, 2.05) is 12.1 Å². The average molecular weight is 665 g/mol. The van der Waals surface area contributed by atoms with Crippen LogP contribution in [0.25, 0.3) is 5.57 Å². The lowest BCUT2D eigenvalue weighted by Crippen LogP contribution is -2.39. The lowest BCUT2D eigenvalue weighted by Gasteiger charge is -2.28. The molecular weight excluding hydrogens is 632 g/mol. The third-order valence-corrected chi connectivity index (χ3v) is 7.69. The van der Waals surface area contributed by atoms with Gasteiger partial charge in [0.05, 0.1) is 17.7 Å². The van der Waals surface area contributed by atoms with Gasteiger partial charge in [0, 0.05) is 30.3 Å². The molecule has 2 aliphatic rings. The van der Waals surface area contributed by atoms with E-state index in [0.29, 0.717) is 35.6 Å². The van der Waals surface area contributed by atoms with Crippen LogP contribution in [0.5, 0.6) is 17.2 Å². The summed E-state index contributed by atoms with van der Waals surface area (Å²) in [6.07, 6.45) is -2.06. The molecule has 5 rings (SSSR count). The molecule has 1 aliphatic carbocycles. The average Bonchev–Trinajstić information content (AvgIpc) is 3.89. The van der Waals surface area contributed by atoms with Gasteiger partial charge in [0.25, 0.3) is 12.4 Å². The molecule has 0 saturated heterocycles. The van der Waals surface area contributed by atoms with E-state index in [0.717, 1.165) is 42.7 Å². The van der Waals surface area contributed by atoms with Gasteiger partial charge in [-0.3, -0.25) is 9.59 Å². The van der Waals surface area contributed by atoms with Crippen molar-refractivity contribution in [1.82, 2.24) is 10.2 Å². The summed E-state index contributed by atoms with van der Waals surface area (Å²) in [5.41, 5.74) is 2.06. The number of hydrogen-bond acceptors (Lipinski definition) is 6. The molecule has 246 valence electrons. The second-order valence-corrected chi connectivity index (χ2v) is 10.9. The Kier molecular flexibility index (Phi) is 11.9. The van der Waals surface area contributed by atoms with Crippen LogP contribution in [0.2, 0.25) is 5.02 Å². The summed E-state index contributed by atoms with van der Waals surface area (Å²) >= 11 is 5.93. The number of nitrogens with one attached hydrogen (secondary N) is 1. The Morgan fingerprint density at radius 2 is 1.72 bits per heavy atom. The van der Waals surface area contributed by atoms with Crippen molar-refractivity contribution in [2.45, 2.75) is 38.0 Å². The quantitative estimate of drug-likeness (QED) is 0.135. The van der Waals surface area contributed by atoms with Gasteiger partial charge in [0.1, 0.15) is 36.3 Å². The molecule has 1 amide bonds. The summed E-state index contributed by atoms with van der Waals surface area (Å²) in [6.45, 7) is 1.27. The molecule has 2 N–H and O–H groups in total. The van der Waals surface area contributed by atoms with Gasteiger partial charge in [-0.05, 0) is 85.5 Å². The normalized spacial score (nSPS) is 14.6. The molecule has 1 saturated carbocycles. The molecule has 0 atom stereocenters. The van der Waals surface area contributed by atoms with Gasteiger partial charge in [0.15, 0.2) is 0 Å². The molecule has 1 aliphatic heterocycles. The summed E-state index contributed by atoms with van der Waals surface area (Å²) < 4.78 is 69.6. The Hall–Kier alpha value is -4.29. The van der Waals surface area contributed by atoms with Crippen LogP contribution in [0, 0.1) is 5.82 Å². The van der Waals surface area contributed by atoms with Crippen LogP contribution in [-0.2, 0) is 22.3 Å². The third kappa shape index (κ3) is 9.13. The lowest BCUT2D eigenvalue weighted by atomic mass is 9.93. The predicted octanol–water partition coefficient (Wildman–Crippen LogP) is 6.60. The number of alkyl halides is 3. The first-order valence-corrected chi connectivity index (χ1v) is 14.8. The van der Waals surface area contributed by atoms with Crippen molar-refractivity contribution in [2.75, 3.05) is 33.4 Å². The summed E-state index contributed by atoms with van der Waals surface area (Å²) in [5, 5.41) is 10.1. The maximum atomic E-state index is 14.6. The molecule has 0 aromatic heterocycles. The Morgan fingerprint density at radius 1 is 1.04 bits per heavy atom.